The molecule has 0 amide bonds. The van der Waals surface area contributed by atoms with Crippen LogP contribution in [-0.4, -0.2) is 5.75 Å². The van der Waals surface area contributed by atoms with Crippen molar-refractivity contribution in [3.05, 3.63) is 34.1 Å². The van der Waals surface area contributed by atoms with E-state index in [0.717, 1.165) is 16.1 Å². The molecule has 0 radical (unpaired) electrons. The van der Waals surface area contributed by atoms with Crippen LogP contribution in [0.25, 0.3) is 0 Å². The molecule has 1 aromatic rings. The first-order valence-electron chi connectivity index (χ1n) is 5.77. The number of hydrogen-bond donors (Lipinski definition) is 0. The second-order valence-corrected chi connectivity index (χ2v) is 6.29. The minimum atomic E-state index is -0.170. The zero-order valence-corrected chi connectivity index (χ0v) is 11.6. The monoisotopic (exact) mass is 302 g/mol. The van der Waals surface area contributed by atoms with Gasteiger partial charge in [-0.1, -0.05) is 34.8 Å². The molecule has 88 valence electrons. The van der Waals surface area contributed by atoms with Gasteiger partial charge in [0.15, 0.2) is 0 Å². The van der Waals surface area contributed by atoms with Gasteiger partial charge in [-0.15, -0.1) is 0 Å². The highest BCUT2D eigenvalue weighted by molar-refractivity contribution is 9.10. The van der Waals surface area contributed by atoms with Gasteiger partial charge < -0.3 is 0 Å². The number of thioether (sulfide) groups is 1. The first-order chi connectivity index (χ1) is 7.75. The molecule has 1 fully saturated rings. The summed E-state index contributed by atoms with van der Waals surface area (Å²) in [5.41, 5.74) is 1.20. The summed E-state index contributed by atoms with van der Waals surface area (Å²) in [4.78, 5) is 0. The predicted octanol–water partition coefficient (Wildman–Crippen LogP) is 5.01. The van der Waals surface area contributed by atoms with Gasteiger partial charge in [0.2, 0.25) is 0 Å². The van der Waals surface area contributed by atoms with E-state index in [-0.39, 0.29) is 5.82 Å². The van der Waals surface area contributed by atoms with E-state index in [0.29, 0.717) is 0 Å². The molecule has 3 heteroatoms. The number of rotatable bonds is 4. The molecule has 0 atom stereocenters. The van der Waals surface area contributed by atoms with Crippen LogP contribution in [0.5, 0.6) is 0 Å². The first kappa shape index (κ1) is 12.4. The van der Waals surface area contributed by atoms with Crippen LogP contribution in [-0.2, 0) is 5.75 Å². The van der Waals surface area contributed by atoms with Crippen molar-refractivity contribution >= 4 is 27.7 Å². The largest absolute Gasteiger partial charge is 0.207 e. The molecule has 0 aromatic heterocycles. The van der Waals surface area contributed by atoms with Crippen molar-refractivity contribution in [3.8, 4) is 0 Å². The maximum atomic E-state index is 12.9. The maximum Gasteiger partial charge on any atom is 0.124 e. The average molecular weight is 303 g/mol. The quantitative estimate of drug-likeness (QED) is 0.753. The van der Waals surface area contributed by atoms with E-state index in [2.05, 4.69) is 15.9 Å². The lowest BCUT2D eigenvalue weighted by Crippen LogP contribution is -1.97. The van der Waals surface area contributed by atoms with Crippen LogP contribution in [0, 0.1) is 11.7 Å². The fourth-order valence-electron chi connectivity index (χ4n) is 2.15. The van der Waals surface area contributed by atoms with Crippen molar-refractivity contribution in [2.24, 2.45) is 5.92 Å². The Labute approximate surface area is 109 Å². The molecule has 0 nitrogen and oxygen atoms in total. The molecule has 1 aliphatic rings. The minimum Gasteiger partial charge on any atom is -0.207 e. The second-order valence-electron chi connectivity index (χ2n) is 4.40. The first-order valence-corrected chi connectivity index (χ1v) is 7.72. The second kappa shape index (κ2) is 6.06. The van der Waals surface area contributed by atoms with Crippen LogP contribution in [0.3, 0.4) is 0 Å². The summed E-state index contributed by atoms with van der Waals surface area (Å²) >= 11 is 5.38. The summed E-state index contributed by atoms with van der Waals surface area (Å²) in [6, 6.07) is 4.96. The van der Waals surface area contributed by atoms with Crippen LogP contribution in [0.1, 0.15) is 31.2 Å². The van der Waals surface area contributed by atoms with E-state index in [4.69, 9.17) is 0 Å². The zero-order chi connectivity index (χ0) is 11.4. The molecule has 1 saturated carbocycles. The van der Waals surface area contributed by atoms with Crippen molar-refractivity contribution in [3.63, 3.8) is 0 Å². The Bertz CT molecular complexity index is 348. The van der Waals surface area contributed by atoms with E-state index in [1.165, 1.54) is 43.1 Å². The lowest BCUT2D eigenvalue weighted by molar-refractivity contribution is 0.622. The lowest BCUT2D eigenvalue weighted by atomic mass is 10.1. The van der Waals surface area contributed by atoms with Gasteiger partial charge in [0.25, 0.3) is 0 Å². The molecule has 1 aromatic carbocycles. The van der Waals surface area contributed by atoms with Gasteiger partial charge in [-0.3, -0.25) is 0 Å². The molecule has 0 unspecified atom stereocenters. The summed E-state index contributed by atoms with van der Waals surface area (Å²) in [7, 11) is 0. The van der Waals surface area contributed by atoms with Crippen molar-refractivity contribution in [2.45, 2.75) is 31.4 Å². The molecule has 0 N–H and O–H groups in total. The highest BCUT2D eigenvalue weighted by atomic mass is 79.9. The number of benzene rings is 1. The Balaban J connectivity index is 1.80. The average Bonchev–Trinajstić information content (AvgIpc) is 2.74. The molecule has 1 aliphatic carbocycles. The number of halogens is 2. The van der Waals surface area contributed by atoms with Gasteiger partial charge in [-0.25, -0.2) is 4.39 Å². The van der Waals surface area contributed by atoms with Gasteiger partial charge in [-0.2, -0.15) is 11.8 Å². The molecule has 2 rings (SSSR count). The molecular weight excluding hydrogens is 287 g/mol. The topological polar surface area (TPSA) is 0 Å². The summed E-state index contributed by atoms with van der Waals surface area (Å²) in [6.45, 7) is 0. The highest BCUT2D eigenvalue weighted by Crippen LogP contribution is 2.30. The van der Waals surface area contributed by atoms with E-state index < -0.39 is 0 Å². The summed E-state index contributed by atoms with van der Waals surface area (Å²) in [5, 5.41) is 0. The van der Waals surface area contributed by atoms with E-state index in [1.807, 2.05) is 17.8 Å². The molecule has 0 aliphatic heterocycles. The van der Waals surface area contributed by atoms with Crippen LogP contribution in [0.4, 0.5) is 4.39 Å². The molecule has 0 bridgehead atoms. The SMILES string of the molecule is Fc1ccc(CSCC2CCCC2)c(Br)c1. The van der Waals surface area contributed by atoms with Gasteiger partial charge >= 0.3 is 0 Å². The summed E-state index contributed by atoms with van der Waals surface area (Å²) < 4.78 is 13.8. The maximum absolute atomic E-state index is 12.9. The summed E-state index contributed by atoms with van der Waals surface area (Å²) in [5.74, 6) is 2.99. The smallest absolute Gasteiger partial charge is 0.124 e. The molecule has 16 heavy (non-hydrogen) atoms. The Morgan fingerprint density at radius 3 is 2.75 bits per heavy atom. The third-order valence-corrected chi connectivity index (χ3v) is 5.06. The molecule has 0 saturated heterocycles. The van der Waals surface area contributed by atoms with E-state index >= 15 is 0 Å². The number of hydrogen-bond acceptors (Lipinski definition) is 1. The third-order valence-electron chi connectivity index (χ3n) is 3.10. The Hall–Kier alpha value is -0.0200. The molecular formula is C13H16BrFS. The highest BCUT2D eigenvalue weighted by Gasteiger charge is 2.14. The minimum absolute atomic E-state index is 0.170. The fourth-order valence-corrected chi connectivity index (χ4v) is 4.08. The van der Waals surface area contributed by atoms with Crippen LogP contribution in [0.2, 0.25) is 0 Å². The van der Waals surface area contributed by atoms with Crippen molar-refractivity contribution in [2.75, 3.05) is 5.75 Å². The molecule has 0 heterocycles. The Morgan fingerprint density at radius 2 is 2.06 bits per heavy atom. The van der Waals surface area contributed by atoms with E-state index in [9.17, 15) is 4.39 Å². The van der Waals surface area contributed by atoms with E-state index in [1.54, 1.807) is 6.07 Å². The van der Waals surface area contributed by atoms with Crippen LogP contribution in [0.15, 0.2) is 22.7 Å². The summed E-state index contributed by atoms with van der Waals surface area (Å²) in [6.07, 6.45) is 5.62. The molecule has 0 spiro atoms. The van der Waals surface area contributed by atoms with Gasteiger partial charge in [0, 0.05) is 10.2 Å². The normalized spacial score (nSPS) is 16.9. The third kappa shape index (κ3) is 3.49. The lowest BCUT2D eigenvalue weighted by Gasteiger charge is -2.09. The predicted molar refractivity (Wildman–Crippen MR) is 72.2 cm³/mol. The Kier molecular flexibility index (Phi) is 4.71. The van der Waals surface area contributed by atoms with Crippen molar-refractivity contribution in [1.82, 2.24) is 0 Å². The van der Waals surface area contributed by atoms with Crippen molar-refractivity contribution < 1.29 is 4.39 Å². The Morgan fingerprint density at radius 1 is 1.31 bits per heavy atom. The zero-order valence-electron chi connectivity index (χ0n) is 9.22. The van der Waals surface area contributed by atoms with Gasteiger partial charge in [0.05, 0.1) is 0 Å². The van der Waals surface area contributed by atoms with Gasteiger partial charge in [0.1, 0.15) is 5.82 Å². The van der Waals surface area contributed by atoms with Crippen LogP contribution >= 0.6 is 27.7 Å². The van der Waals surface area contributed by atoms with Crippen molar-refractivity contribution in [1.29, 1.82) is 0 Å². The fraction of sp³-hybridized carbons (Fsp3) is 0.538. The van der Waals surface area contributed by atoms with Gasteiger partial charge in [-0.05, 0) is 42.2 Å². The standard InChI is InChI=1S/C13H16BrFS/c14-13-7-12(15)6-5-11(13)9-16-8-10-3-1-2-4-10/h5-7,10H,1-4,8-9H2. The van der Waals surface area contributed by atoms with Crippen LogP contribution < -0.4 is 0 Å².